The highest BCUT2D eigenvalue weighted by atomic mass is 16.5. The van der Waals surface area contributed by atoms with Gasteiger partial charge in [-0.3, -0.25) is 4.79 Å². The molecule has 0 saturated carbocycles. The molecule has 0 aliphatic carbocycles. The zero-order chi connectivity index (χ0) is 19.8. The maximum Gasteiger partial charge on any atom is 0.261 e. The van der Waals surface area contributed by atoms with Crippen LogP contribution in [0, 0.1) is 0 Å². The molecule has 0 spiro atoms. The van der Waals surface area contributed by atoms with Gasteiger partial charge in [-0.2, -0.15) is 0 Å². The second kappa shape index (κ2) is 9.65. The molecule has 0 saturated heterocycles. The molecule has 3 rings (SSSR count). The first-order valence-electron chi connectivity index (χ1n) is 9.40. The molecule has 3 aromatic rings. The number of rotatable bonds is 9. The number of methoxy groups -OCH3 is 1. The first kappa shape index (κ1) is 19.5. The van der Waals surface area contributed by atoms with E-state index in [4.69, 9.17) is 14.2 Å². The van der Waals surface area contributed by atoms with Gasteiger partial charge in [0.25, 0.3) is 5.91 Å². The molecule has 0 aliphatic heterocycles. The molecule has 5 heteroatoms. The predicted octanol–water partition coefficient (Wildman–Crippen LogP) is 4.20. The maximum atomic E-state index is 12.4. The lowest BCUT2D eigenvalue weighted by atomic mass is 10.1. The van der Waals surface area contributed by atoms with Crippen LogP contribution in [0.15, 0.2) is 66.7 Å². The van der Waals surface area contributed by atoms with Gasteiger partial charge in [0.1, 0.15) is 23.9 Å². The molecule has 0 aromatic heterocycles. The fraction of sp³-hybridized carbons (Fsp3) is 0.261. The van der Waals surface area contributed by atoms with Gasteiger partial charge in [0.15, 0.2) is 6.10 Å². The van der Waals surface area contributed by atoms with Crippen molar-refractivity contribution in [2.24, 2.45) is 0 Å². The van der Waals surface area contributed by atoms with Crippen LogP contribution in [0.5, 0.6) is 17.2 Å². The van der Waals surface area contributed by atoms with Crippen LogP contribution in [0.25, 0.3) is 10.8 Å². The monoisotopic (exact) mass is 379 g/mol. The van der Waals surface area contributed by atoms with E-state index in [1.165, 1.54) is 0 Å². The van der Waals surface area contributed by atoms with Crippen LogP contribution in [0.1, 0.15) is 13.3 Å². The van der Waals surface area contributed by atoms with Crippen LogP contribution in [0.3, 0.4) is 0 Å². The summed E-state index contributed by atoms with van der Waals surface area (Å²) in [5, 5.41) is 5.07. The summed E-state index contributed by atoms with van der Waals surface area (Å²) in [5.41, 5.74) is 0. The van der Waals surface area contributed by atoms with Crippen molar-refractivity contribution in [3.05, 3.63) is 66.7 Å². The lowest BCUT2D eigenvalue weighted by molar-refractivity contribution is -0.128. The lowest BCUT2D eigenvalue weighted by Crippen LogP contribution is -2.39. The summed E-state index contributed by atoms with van der Waals surface area (Å²) in [7, 11) is 1.60. The van der Waals surface area contributed by atoms with Gasteiger partial charge in [0.2, 0.25) is 0 Å². The molecule has 3 aromatic carbocycles. The number of amides is 1. The van der Waals surface area contributed by atoms with Crippen molar-refractivity contribution in [2.75, 3.05) is 20.3 Å². The molecule has 28 heavy (non-hydrogen) atoms. The van der Waals surface area contributed by atoms with Crippen molar-refractivity contribution in [1.82, 2.24) is 5.32 Å². The molecule has 146 valence electrons. The molecule has 0 heterocycles. The smallest absolute Gasteiger partial charge is 0.261 e. The Labute approximate surface area is 165 Å². The van der Waals surface area contributed by atoms with E-state index in [0.717, 1.165) is 16.5 Å². The average molecular weight is 379 g/mol. The molecule has 1 amide bonds. The second-order valence-electron chi connectivity index (χ2n) is 6.31. The third-order valence-electron chi connectivity index (χ3n) is 4.39. The number of hydrogen-bond donors (Lipinski definition) is 1. The van der Waals surface area contributed by atoms with E-state index < -0.39 is 6.10 Å². The van der Waals surface area contributed by atoms with Crippen molar-refractivity contribution in [2.45, 2.75) is 19.4 Å². The molecule has 5 nitrogen and oxygen atoms in total. The SMILES string of the molecule is CC[C@@H](Oc1cccc(OC)c1)C(=O)NCCOc1cccc2ccccc12. The molecule has 0 radical (unpaired) electrons. The molecular formula is C23H25NO4. The largest absolute Gasteiger partial charge is 0.497 e. The van der Waals surface area contributed by atoms with Gasteiger partial charge in [-0.05, 0) is 30.0 Å². The summed E-state index contributed by atoms with van der Waals surface area (Å²) in [6.07, 6.45) is -0.00241. The van der Waals surface area contributed by atoms with E-state index >= 15 is 0 Å². The van der Waals surface area contributed by atoms with Crippen molar-refractivity contribution in [3.63, 3.8) is 0 Å². The van der Waals surface area contributed by atoms with Gasteiger partial charge in [-0.1, -0.05) is 49.4 Å². The number of benzene rings is 3. The Kier molecular flexibility index (Phi) is 6.73. The topological polar surface area (TPSA) is 56.8 Å². The van der Waals surface area contributed by atoms with Crippen LogP contribution < -0.4 is 19.5 Å². The number of nitrogens with one attached hydrogen (secondary N) is 1. The maximum absolute atomic E-state index is 12.4. The Morgan fingerprint density at radius 2 is 1.75 bits per heavy atom. The summed E-state index contributed by atoms with van der Waals surface area (Å²) in [5.74, 6) is 1.95. The highest BCUT2D eigenvalue weighted by molar-refractivity contribution is 5.88. The molecule has 1 atom stereocenters. The zero-order valence-corrected chi connectivity index (χ0v) is 16.2. The fourth-order valence-corrected chi connectivity index (χ4v) is 2.93. The molecule has 0 aliphatic rings. The van der Waals surface area contributed by atoms with Crippen molar-refractivity contribution in [3.8, 4) is 17.2 Å². The Morgan fingerprint density at radius 3 is 2.57 bits per heavy atom. The van der Waals surface area contributed by atoms with Crippen LogP contribution in [-0.2, 0) is 4.79 Å². The number of ether oxygens (including phenoxy) is 3. The van der Waals surface area contributed by atoms with Crippen LogP contribution in [0.4, 0.5) is 0 Å². The molecule has 0 unspecified atom stereocenters. The normalized spacial score (nSPS) is 11.6. The van der Waals surface area contributed by atoms with Gasteiger partial charge < -0.3 is 19.5 Å². The highest BCUT2D eigenvalue weighted by Gasteiger charge is 2.18. The lowest BCUT2D eigenvalue weighted by Gasteiger charge is -2.18. The van der Waals surface area contributed by atoms with Crippen LogP contribution in [0.2, 0.25) is 0 Å². The van der Waals surface area contributed by atoms with Gasteiger partial charge >= 0.3 is 0 Å². The van der Waals surface area contributed by atoms with Gasteiger partial charge in [0, 0.05) is 11.5 Å². The summed E-state index contributed by atoms with van der Waals surface area (Å²) < 4.78 is 16.9. The minimum atomic E-state index is -0.565. The first-order chi connectivity index (χ1) is 13.7. The second-order valence-corrected chi connectivity index (χ2v) is 6.31. The quantitative estimate of drug-likeness (QED) is 0.566. The Bertz CT molecular complexity index is 920. The van der Waals surface area contributed by atoms with E-state index in [2.05, 4.69) is 5.32 Å². The number of carbonyl (C=O) groups is 1. The number of carbonyl (C=O) groups excluding carboxylic acids is 1. The van der Waals surface area contributed by atoms with Gasteiger partial charge in [0.05, 0.1) is 13.7 Å². The van der Waals surface area contributed by atoms with Crippen LogP contribution in [-0.4, -0.2) is 32.3 Å². The van der Waals surface area contributed by atoms with E-state index in [1.807, 2.05) is 67.6 Å². The summed E-state index contributed by atoms with van der Waals surface area (Å²) in [6.45, 7) is 2.70. The van der Waals surface area contributed by atoms with Crippen LogP contribution >= 0.6 is 0 Å². The molecule has 1 N–H and O–H groups in total. The minimum Gasteiger partial charge on any atom is -0.497 e. The standard InChI is InChI=1S/C23H25NO4/c1-3-21(28-19-11-7-10-18(16-19)26-2)23(25)24-14-15-27-22-13-6-9-17-8-4-5-12-20(17)22/h4-13,16,21H,3,14-15H2,1-2H3,(H,24,25)/t21-/m1/s1. The van der Waals surface area contributed by atoms with E-state index in [-0.39, 0.29) is 5.91 Å². The summed E-state index contributed by atoms with van der Waals surface area (Å²) in [4.78, 5) is 12.4. The predicted molar refractivity (Wildman–Crippen MR) is 110 cm³/mol. The summed E-state index contributed by atoms with van der Waals surface area (Å²) in [6, 6.07) is 21.2. The van der Waals surface area contributed by atoms with Crippen molar-refractivity contribution >= 4 is 16.7 Å². The van der Waals surface area contributed by atoms with Crippen molar-refractivity contribution in [1.29, 1.82) is 0 Å². The first-order valence-corrected chi connectivity index (χ1v) is 9.40. The number of hydrogen-bond acceptors (Lipinski definition) is 4. The minimum absolute atomic E-state index is 0.160. The van der Waals surface area contributed by atoms with Gasteiger partial charge in [-0.25, -0.2) is 0 Å². The number of fused-ring (bicyclic) bond motifs is 1. The third-order valence-corrected chi connectivity index (χ3v) is 4.39. The Hall–Kier alpha value is -3.21. The average Bonchev–Trinajstić information content (AvgIpc) is 2.75. The Morgan fingerprint density at radius 1 is 1.00 bits per heavy atom. The fourth-order valence-electron chi connectivity index (χ4n) is 2.93. The third kappa shape index (κ3) is 4.94. The van der Waals surface area contributed by atoms with E-state index in [0.29, 0.717) is 31.1 Å². The molecule has 0 fully saturated rings. The molecular weight excluding hydrogens is 354 g/mol. The Balaban J connectivity index is 1.51. The van der Waals surface area contributed by atoms with E-state index in [9.17, 15) is 4.79 Å². The molecule has 0 bridgehead atoms. The zero-order valence-electron chi connectivity index (χ0n) is 16.2. The van der Waals surface area contributed by atoms with Gasteiger partial charge in [-0.15, -0.1) is 0 Å². The summed E-state index contributed by atoms with van der Waals surface area (Å²) >= 11 is 0. The highest BCUT2D eigenvalue weighted by Crippen LogP contribution is 2.25. The van der Waals surface area contributed by atoms with E-state index in [1.54, 1.807) is 13.2 Å². The van der Waals surface area contributed by atoms with Crippen molar-refractivity contribution < 1.29 is 19.0 Å².